The molecule has 0 saturated carbocycles. The Bertz CT molecular complexity index is 1040. The van der Waals surface area contributed by atoms with E-state index in [1.165, 1.54) is 17.0 Å². The number of hydrogen-bond acceptors (Lipinski definition) is 2. The zero-order valence-electron chi connectivity index (χ0n) is 14.0. The van der Waals surface area contributed by atoms with E-state index in [9.17, 15) is 9.18 Å². The van der Waals surface area contributed by atoms with Gasteiger partial charge in [-0.15, -0.1) is 0 Å². The smallest absolute Gasteiger partial charge is 0.247 e. The summed E-state index contributed by atoms with van der Waals surface area (Å²) < 4.78 is 15.6. The van der Waals surface area contributed by atoms with Crippen LogP contribution >= 0.6 is 0 Å². The van der Waals surface area contributed by atoms with Gasteiger partial charge >= 0.3 is 0 Å². The fraction of sp³-hybridized carbons (Fsp3) is 0.100. The summed E-state index contributed by atoms with van der Waals surface area (Å²) in [4.78, 5) is 21.7. The molecule has 2 heterocycles. The first kappa shape index (κ1) is 16.1. The molecule has 6 heteroatoms. The van der Waals surface area contributed by atoms with Crippen molar-refractivity contribution < 1.29 is 9.18 Å². The molecule has 0 spiro atoms. The van der Waals surface area contributed by atoms with E-state index in [-0.39, 0.29) is 24.8 Å². The Hall–Kier alpha value is -3.41. The number of H-pyrrole nitrogens is 1. The van der Waals surface area contributed by atoms with Gasteiger partial charge in [0.05, 0.1) is 6.54 Å². The Balaban J connectivity index is 1.65. The average Bonchev–Trinajstić information content (AvgIpc) is 3.30. The molecule has 1 N–H and O–H groups in total. The third-order valence-electron chi connectivity index (χ3n) is 4.27. The van der Waals surface area contributed by atoms with Gasteiger partial charge in [0.25, 0.3) is 0 Å². The van der Waals surface area contributed by atoms with Crippen LogP contribution in [0, 0.1) is 5.82 Å². The lowest BCUT2D eigenvalue weighted by atomic mass is 10.2. The highest BCUT2D eigenvalue weighted by atomic mass is 19.1. The van der Waals surface area contributed by atoms with Gasteiger partial charge in [-0.3, -0.25) is 4.79 Å². The second kappa shape index (κ2) is 6.84. The highest BCUT2D eigenvalue weighted by Crippen LogP contribution is 2.20. The molecule has 0 radical (unpaired) electrons. The van der Waals surface area contributed by atoms with Crippen LogP contribution in [0.4, 0.5) is 10.1 Å². The molecule has 2 aromatic carbocycles. The average molecular weight is 348 g/mol. The molecule has 4 aromatic rings. The minimum atomic E-state index is -0.383. The number of anilines is 1. The molecule has 0 aliphatic carbocycles. The first-order valence-corrected chi connectivity index (χ1v) is 8.29. The minimum Gasteiger partial charge on any atom is -0.347 e. The predicted molar refractivity (Wildman–Crippen MR) is 98.1 cm³/mol. The number of imidazole rings is 1. The number of rotatable bonds is 5. The molecular formula is C20H17FN4O. The molecular weight excluding hydrogens is 331 g/mol. The molecule has 1 amide bonds. The number of carbonyl (C=O) groups is 1. The van der Waals surface area contributed by atoms with E-state index in [1.54, 1.807) is 24.5 Å². The summed E-state index contributed by atoms with van der Waals surface area (Å²) in [6.07, 6.45) is 5.21. The van der Waals surface area contributed by atoms with Gasteiger partial charge in [0.15, 0.2) is 0 Å². The van der Waals surface area contributed by atoms with Gasteiger partial charge in [-0.25, -0.2) is 9.37 Å². The van der Waals surface area contributed by atoms with E-state index >= 15 is 0 Å². The van der Waals surface area contributed by atoms with Crippen LogP contribution < -0.4 is 4.90 Å². The number of aromatic amines is 1. The SMILES string of the molecule is O=C(Cn1ccc2ccccc21)N(Cc1ncc[nH]1)c1cccc(F)c1. The number of benzene rings is 2. The number of nitrogens with zero attached hydrogens (tertiary/aromatic N) is 3. The second-order valence-corrected chi connectivity index (χ2v) is 6.00. The van der Waals surface area contributed by atoms with Crippen molar-refractivity contribution in [3.05, 3.63) is 84.8 Å². The summed E-state index contributed by atoms with van der Waals surface area (Å²) in [6, 6.07) is 15.9. The molecule has 2 aromatic heterocycles. The van der Waals surface area contributed by atoms with E-state index < -0.39 is 0 Å². The maximum atomic E-state index is 13.7. The summed E-state index contributed by atoms with van der Waals surface area (Å²) in [5.41, 5.74) is 1.49. The van der Waals surface area contributed by atoms with Crippen LogP contribution in [0.3, 0.4) is 0 Å². The van der Waals surface area contributed by atoms with Crippen molar-refractivity contribution in [3.63, 3.8) is 0 Å². The standard InChI is InChI=1S/C20H17FN4O/c21-16-5-3-6-17(12-16)25(13-19-22-9-10-23-19)20(26)14-24-11-8-15-4-1-2-7-18(15)24/h1-12H,13-14H2,(H,22,23). The van der Waals surface area contributed by atoms with Crippen LogP contribution in [-0.2, 0) is 17.9 Å². The minimum absolute atomic E-state index is 0.145. The second-order valence-electron chi connectivity index (χ2n) is 6.00. The predicted octanol–water partition coefficient (Wildman–Crippen LogP) is 3.74. The monoisotopic (exact) mass is 348 g/mol. The summed E-state index contributed by atoms with van der Waals surface area (Å²) in [6.45, 7) is 0.402. The van der Waals surface area contributed by atoms with Gasteiger partial charge in [0.2, 0.25) is 5.91 Å². The molecule has 0 unspecified atom stereocenters. The van der Waals surface area contributed by atoms with Gasteiger partial charge in [-0.05, 0) is 35.7 Å². The molecule has 0 aliphatic heterocycles. The van der Waals surface area contributed by atoms with E-state index in [4.69, 9.17) is 0 Å². The van der Waals surface area contributed by atoms with Crippen LogP contribution in [-0.4, -0.2) is 20.4 Å². The number of fused-ring (bicyclic) bond motifs is 1. The number of para-hydroxylation sites is 1. The number of nitrogens with one attached hydrogen (secondary N) is 1. The van der Waals surface area contributed by atoms with Crippen LogP contribution in [0.2, 0.25) is 0 Å². The molecule has 0 atom stereocenters. The number of hydrogen-bond donors (Lipinski definition) is 1. The van der Waals surface area contributed by atoms with Gasteiger partial charge in [-0.2, -0.15) is 0 Å². The number of aromatic nitrogens is 3. The van der Waals surface area contributed by atoms with Crippen molar-refractivity contribution in [2.75, 3.05) is 4.90 Å². The Morgan fingerprint density at radius 1 is 1.15 bits per heavy atom. The first-order valence-electron chi connectivity index (χ1n) is 8.29. The van der Waals surface area contributed by atoms with Gasteiger partial charge in [0.1, 0.15) is 18.2 Å². The first-order chi connectivity index (χ1) is 12.7. The molecule has 130 valence electrons. The zero-order chi connectivity index (χ0) is 17.9. The van der Waals surface area contributed by atoms with Gasteiger partial charge in [0, 0.05) is 29.8 Å². The maximum Gasteiger partial charge on any atom is 0.247 e. The number of amides is 1. The Labute approximate surface area is 149 Å². The summed E-state index contributed by atoms with van der Waals surface area (Å²) in [7, 11) is 0. The third-order valence-corrected chi connectivity index (χ3v) is 4.27. The quantitative estimate of drug-likeness (QED) is 0.597. The number of halogens is 1. The fourth-order valence-electron chi connectivity index (χ4n) is 3.01. The van der Waals surface area contributed by atoms with Gasteiger partial charge in [-0.1, -0.05) is 24.3 Å². The Morgan fingerprint density at radius 3 is 2.85 bits per heavy atom. The van der Waals surface area contributed by atoms with Crippen molar-refractivity contribution >= 4 is 22.5 Å². The molecule has 0 fully saturated rings. The van der Waals surface area contributed by atoms with Crippen molar-refractivity contribution in [1.29, 1.82) is 0 Å². The fourth-order valence-corrected chi connectivity index (χ4v) is 3.01. The summed E-state index contributed by atoms with van der Waals surface area (Å²) >= 11 is 0. The Morgan fingerprint density at radius 2 is 2.04 bits per heavy atom. The van der Waals surface area contributed by atoms with Crippen molar-refractivity contribution in [3.8, 4) is 0 Å². The lowest BCUT2D eigenvalue weighted by molar-refractivity contribution is -0.119. The van der Waals surface area contributed by atoms with Crippen molar-refractivity contribution in [1.82, 2.24) is 14.5 Å². The molecule has 5 nitrogen and oxygen atoms in total. The highest BCUT2D eigenvalue weighted by Gasteiger charge is 2.19. The summed E-state index contributed by atoms with van der Waals surface area (Å²) in [5.74, 6) is 0.111. The summed E-state index contributed by atoms with van der Waals surface area (Å²) in [5, 5.41) is 1.07. The van der Waals surface area contributed by atoms with E-state index in [0.717, 1.165) is 10.9 Å². The third kappa shape index (κ3) is 3.21. The van der Waals surface area contributed by atoms with Crippen molar-refractivity contribution in [2.24, 2.45) is 0 Å². The molecule has 0 saturated heterocycles. The molecule has 4 rings (SSSR count). The highest BCUT2D eigenvalue weighted by molar-refractivity contribution is 5.94. The largest absolute Gasteiger partial charge is 0.347 e. The van der Waals surface area contributed by atoms with E-state index in [2.05, 4.69) is 9.97 Å². The lowest BCUT2D eigenvalue weighted by Crippen LogP contribution is -2.33. The Kier molecular flexibility index (Phi) is 4.23. The molecule has 0 bridgehead atoms. The van der Waals surface area contributed by atoms with Crippen LogP contribution in [0.15, 0.2) is 73.2 Å². The van der Waals surface area contributed by atoms with Gasteiger partial charge < -0.3 is 14.5 Å². The van der Waals surface area contributed by atoms with Crippen molar-refractivity contribution in [2.45, 2.75) is 13.1 Å². The van der Waals surface area contributed by atoms with E-state index in [1.807, 2.05) is 41.1 Å². The molecule has 0 aliphatic rings. The zero-order valence-corrected chi connectivity index (χ0v) is 14.0. The van der Waals surface area contributed by atoms with Crippen LogP contribution in [0.5, 0.6) is 0 Å². The number of carbonyl (C=O) groups excluding carboxylic acids is 1. The lowest BCUT2D eigenvalue weighted by Gasteiger charge is -2.22. The molecule has 26 heavy (non-hydrogen) atoms. The normalized spacial score (nSPS) is 11.0. The van der Waals surface area contributed by atoms with E-state index in [0.29, 0.717) is 11.5 Å². The maximum absolute atomic E-state index is 13.7. The van der Waals surface area contributed by atoms with Crippen LogP contribution in [0.25, 0.3) is 10.9 Å². The topological polar surface area (TPSA) is 53.9 Å². The van der Waals surface area contributed by atoms with Crippen LogP contribution in [0.1, 0.15) is 5.82 Å².